The van der Waals surface area contributed by atoms with Crippen LogP contribution in [0.5, 0.6) is 0 Å². The largest absolute Gasteiger partial charge is 0.300 e. The fourth-order valence-corrected chi connectivity index (χ4v) is 0.606. The van der Waals surface area contributed by atoms with Gasteiger partial charge in [0.15, 0.2) is 11.6 Å². The highest BCUT2D eigenvalue weighted by Gasteiger charge is 2.08. The number of hydrogen-bond acceptors (Lipinski definition) is 3. The Balaban J connectivity index is 3.63. The minimum absolute atomic E-state index is 0.0274. The van der Waals surface area contributed by atoms with Crippen molar-refractivity contribution in [2.75, 3.05) is 0 Å². The molecule has 62 valence electrons. The predicted octanol–water partition coefficient (Wildman–Crippen LogP) is 0.904. The Hall–Kier alpha value is -0.990. The summed E-state index contributed by atoms with van der Waals surface area (Å²) >= 11 is 0. The Morgan fingerprint density at radius 2 is 1.64 bits per heavy atom. The van der Waals surface area contributed by atoms with Gasteiger partial charge in [0, 0.05) is 26.2 Å². The average molecular weight is 156 g/mol. The molecule has 0 rings (SSSR count). The van der Waals surface area contributed by atoms with Gasteiger partial charge in [-0.2, -0.15) is 0 Å². The lowest BCUT2D eigenvalue weighted by atomic mass is 10.1. The molecule has 0 radical (unpaired) electrons. The van der Waals surface area contributed by atoms with Crippen LogP contribution < -0.4 is 0 Å². The molecule has 0 aliphatic heterocycles. The van der Waals surface area contributed by atoms with Crippen molar-refractivity contribution in [3.05, 3.63) is 0 Å². The summed E-state index contributed by atoms with van der Waals surface area (Å²) in [4.78, 5) is 31.7. The molecule has 0 saturated heterocycles. The quantitative estimate of drug-likeness (QED) is 0.556. The molecule has 0 fully saturated rings. The Morgan fingerprint density at radius 1 is 1.09 bits per heavy atom. The number of hydrogen-bond donors (Lipinski definition) is 0. The number of carbonyl (C=O) groups is 3. The Labute approximate surface area is 65.8 Å². The predicted molar refractivity (Wildman–Crippen MR) is 40.2 cm³/mol. The second-order valence-electron chi connectivity index (χ2n) is 2.37. The summed E-state index contributed by atoms with van der Waals surface area (Å²) in [6, 6.07) is 0. The highest BCUT2D eigenvalue weighted by atomic mass is 16.2. The molecule has 0 aliphatic rings. The smallest absolute Gasteiger partial charge is 0.198 e. The Kier molecular flexibility index (Phi) is 4.34. The highest BCUT2D eigenvalue weighted by molar-refractivity contribution is 6.36. The van der Waals surface area contributed by atoms with Crippen molar-refractivity contribution in [2.45, 2.75) is 33.1 Å². The van der Waals surface area contributed by atoms with Crippen LogP contribution in [-0.2, 0) is 14.4 Å². The van der Waals surface area contributed by atoms with Crippen molar-refractivity contribution in [1.82, 2.24) is 0 Å². The van der Waals surface area contributed by atoms with E-state index >= 15 is 0 Å². The fourth-order valence-electron chi connectivity index (χ4n) is 0.606. The standard InChI is InChI=1S/C8H12O3/c1-3-7(10)4-5-8(11)6(2)9/h3-5H2,1-2H3. The number of Topliss-reactive ketones (excluding diaryl/α,β-unsaturated/α-hetero) is 3. The number of carbonyl (C=O) groups excluding carboxylic acids is 3. The van der Waals surface area contributed by atoms with Gasteiger partial charge in [-0.05, 0) is 0 Å². The summed E-state index contributed by atoms with van der Waals surface area (Å²) in [5.41, 5.74) is 0. The van der Waals surface area contributed by atoms with Crippen LogP contribution in [0, 0.1) is 0 Å². The van der Waals surface area contributed by atoms with Crippen molar-refractivity contribution in [3.8, 4) is 0 Å². The fraction of sp³-hybridized carbons (Fsp3) is 0.625. The van der Waals surface area contributed by atoms with E-state index in [4.69, 9.17) is 0 Å². The Bertz CT molecular complexity index is 182. The maximum absolute atomic E-state index is 10.7. The molecule has 0 spiro atoms. The van der Waals surface area contributed by atoms with Gasteiger partial charge >= 0.3 is 0 Å². The van der Waals surface area contributed by atoms with Crippen LogP contribution in [0.1, 0.15) is 33.1 Å². The van der Waals surface area contributed by atoms with Crippen LogP contribution in [0.4, 0.5) is 0 Å². The molecule has 0 amide bonds. The normalized spacial score (nSPS) is 9.27. The van der Waals surface area contributed by atoms with E-state index in [9.17, 15) is 14.4 Å². The highest BCUT2D eigenvalue weighted by Crippen LogP contribution is 1.96. The van der Waals surface area contributed by atoms with E-state index in [-0.39, 0.29) is 18.6 Å². The molecule has 0 heterocycles. The van der Waals surface area contributed by atoms with E-state index in [1.54, 1.807) is 6.92 Å². The first-order chi connectivity index (χ1) is 5.07. The summed E-state index contributed by atoms with van der Waals surface area (Å²) in [6.45, 7) is 2.96. The van der Waals surface area contributed by atoms with Gasteiger partial charge in [0.1, 0.15) is 5.78 Å². The third-order valence-electron chi connectivity index (χ3n) is 1.42. The maximum Gasteiger partial charge on any atom is 0.198 e. The van der Waals surface area contributed by atoms with Gasteiger partial charge in [0.25, 0.3) is 0 Å². The van der Waals surface area contributed by atoms with Crippen molar-refractivity contribution in [1.29, 1.82) is 0 Å². The van der Waals surface area contributed by atoms with E-state index < -0.39 is 11.6 Å². The molecule has 0 bridgehead atoms. The summed E-state index contributed by atoms with van der Waals surface area (Å²) in [7, 11) is 0. The van der Waals surface area contributed by atoms with Crippen LogP contribution in [-0.4, -0.2) is 17.3 Å². The van der Waals surface area contributed by atoms with Crippen LogP contribution in [0.2, 0.25) is 0 Å². The molecule has 0 aliphatic carbocycles. The SMILES string of the molecule is CCC(=O)CCC(=O)C(C)=O. The second-order valence-corrected chi connectivity index (χ2v) is 2.37. The molecule has 0 aromatic carbocycles. The first kappa shape index (κ1) is 10.0. The van der Waals surface area contributed by atoms with Gasteiger partial charge in [-0.15, -0.1) is 0 Å². The third-order valence-corrected chi connectivity index (χ3v) is 1.42. The second kappa shape index (κ2) is 4.77. The summed E-state index contributed by atoms with van der Waals surface area (Å²) in [5.74, 6) is -0.889. The van der Waals surface area contributed by atoms with Gasteiger partial charge in [0.2, 0.25) is 0 Å². The average Bonchev–Trinajstić information content (AvgIpc) is 1.99. The number of ketones is 3. The maximum atomic E-state index is 10.7. The molecule has 3 heteroatoms. The summed E-state index contributed by atoms with van der Waals surface area (Å²) in [5, 5.41) is 0. The van der Waals surface area contributed by atoms with E-state index in [0.717, 1.165) is 0 Å². The van der Waals surface area contributed by atoms with Crippen molar-refractivity contribution >= 4 is 17.3 Å². The van der Waals surface area contributed by atoms with Crippen molar-refractivity contribution in [2.24, 2.45) is 0 Å². The van der Waals surface area contributed by atoms with E-state index in [1.807, 2.05) is 0 Å². The summed E-state index contributed by atoms with van der Waals surface area (Å²) < 4.78 is 0. The molecule has 0 N–H and O–H groups in total. The van der Waals surface area contributed by atoms with E-state index in [2.05, 4.69) is 0 Å². The molecule has 3 nitrogen and oxygen atoms in total. The number of rotatable bonds is 5. The zero-order valence-electron chi connectivity index (χ0n) is 6.85. The molecule has 0 atom stereocenters. The van der Waals surface area contributed by atoms with Gasteiger partial charge in [-0.1, -0.05) is 6.92 Å². The molecular formula is C8H12O3. The minimum Gasteiger partial charge on any atom is -0.300 e. The Morgan fingerprint density at radius 3 is 2.00 bits per heavy atom. The zero-order valence-corrected chi connectivity index (χ0v) is 6.85. The topological polar surface area (TPSA) is 51.2 Å². The molecular weight excluding hydrogens is 144 g/mol. The first-order valence-electron chi connectivity index (χ1n) is 3.63. The first-order valence-corrected chi connectivity index (χ1v) is 3.63. The molecule has 0 aromatic rings. The summed E-state index contributed by atoms with van der Waals surface area (Å²) in [6.07, 6.45) is 0.710. The molecule has 11 heavy (non-hydrogen) atoms. The van der Waals surface area contributed by atoms with Gasteiger partial charge < -0.3 is 0 Å². The lowest BCUT2D eigenvalue weighted by molar-refractivity contribution is -0.136. The molecule has 0 unspecified atom stereocenters. The van der Waals surface area contributed by atoms with Crippen LogP contribution in [0.25, 0.3) is 0 Å². The van der Waals surface area contributed by atoms with Crippen molar-refractivity contribution in [3.63, 3.8) is 0 Å². The van der Waals surface area contributed by atoms with Crippen LogP contribution >= 0.6 is 0 Å². The lowest BCUT2D eigenvalue weighted by Crippen LogP contribution is -2.10. The molecule has 0 saturated carbocycles. The van der Waals surface area contributed by atoms with E-state index in [1.165, 1.54) is 6.92 Å². The zero-order chi connectivity index (χ0) is 8.85. The van der Waals surface area contributed by atoms with Crippen LogP contribution in [0.3, 0.4) is 0 Å². The van der Waals surface area contributed by atoms with Crippen molar-refractivity contribution < 1.29 is 14.4 Å². The monoisotopic (exact) mass is 156 g/mol. The van der Waals surface area contributed by atoms with E-state index in [0.29, 0.717) is 6.42 Å². The third kappa shape index (κ3) is 4.42. The van der Waals surface area contributed by atoms with Gasteiger partial charge in [0.05, 0.1) is 0 Å². The van der Waals surface area contributed by atoms with Crippen LogP contribution in [0.15, 0.2) is 0 Å². The minimum atomic E-state index is -0.464. The van der Waals surface area contributed by atoms with Gasteiger partial charge in [-0.3, -0.25) is 14.4 Å². The lowest BCUT2D eigenvalue weighted by Gasteiger charge is -1.93. The molecule has 0 aromatic heterocycles. The van der Waals surface area contributed by atoms with Gasteiger partial charge in [-0.25, -0.2) is 0 Å².